The van der Waals surface area contributed by atoms with E-state index in [4.69, 9.17) is 11.5 Å². The third kappa shape index (κ3) is 2.54. The molecule has 4 N–H and O–H groups in total. The van der Waals surface area contributed by atoms with Crippen LogP contribution in [0.15, 0.2) is 40.7 Å². The highest BCUT2D eigenvalue weighted by molar-refractivity contribution is 5.98. The van der Waals surface area contributed by atoms with Crippen LogP contribution in [0, 0.1) is 0 Å². The lowest BCUT2D eigenvalue weighted by atomic mass is 10.2. The van der Waals surface area contributed by atoms with Gasteiger partial charge in [-0.1, -0.05) is 12.1 Å². The maximum absolute atomic E-state index is 5.19. The monoisotopic (exact) mass is 228 g/mol. The number of fused-ring (bicyclic) bond motifs is 1. The van der Waals surface area contributed by atoms with Crippen molar-refractivity contribution in [3.63, 3.8) is 0 Å². The molecule has 0 atom stereocenters. The Labute approximate surface area is 98.1 Å². The van der Waals surface area contributed by atoms with Crippen molar-refractivity contribution < 1.29 is 0 Å². The van der Waals surface area contributed by atoms with Crippen LogP contribution in [0.1, 0.15) is 12.6 Å². The Morgan fingerprint density at radius 3 is 2.53 bits per heavy atom. The fourth-order valence-electron chi connectivity index (χ4n) is 1.32. The number of rotatable bonds is 2. The van der Waals surface area contributed by atoms with Crippen molar-refractivity contribution in [2.45, 2.75) is 6.92 Å². The van der Waals surface area contributed by atoms with Crippen LogP contribution in [-0.4, -0.2) is 21.6 Å². The van der Waals surface area contributed by atoms with Gasteiger partial charge in [-0.25, -0.2) is 4.98 Å². The molecule has 0 aliphatic heterocycles. The summed E-state index contributed by atoms with van der Waals surface area (Å²) in [6, 6.07) is 7.61. The molecule has 0 radical (unpaired) electrons. The van der Waals surface area contributed by atoms with Gasteiger partial charge in [0.05, 0.1) is 22.9 Å². The zero-order valence-electron chi connectivity index (χ0n) is 9.33. The highest BCUT2D eigenvalue weighted by Crippen LogP contribution is 2.08. The van der Waals surface area contributed by atoms with Crippen LogP contribution >= 0.6 is 0 Å². The van der Waals surface area contributed by atoms with Crippen LogP contribution in [0.2, 0.25) is 0 Å². The molecule has 2 rings (SSSR count). The summed E-state index contributed by atoms with van der Waals surface area (Å²) in [6.45, 7) is 1.77. The van der Waals surface area contributed by atoms with E-state index in [1.807, 2.05) is 24.3 Å². The molecule has 0 fully saturated rings. The summed E-state index contributed by atoms with van der Waals surface area (Å²) in [6.07, 6.45) is 1.64. The van der Waals surface area contributed by atoms with Gasteiger partial charge in [0.1, 0.15) is 5.69 Å². The van der Waals surface area contributed by atoms with Crippen LogP contribution < -0.4 is 11.5 Å². The Balaban J connectivity index is 2.43. The molecule has 6 heteroatoms. The lowest BCUT2D eigenvalue weighted by molar-refractivity contribution is 1.17. The first-order chi connectivity index (χ1) is 8.16. The van der Waals surface area contributed by atoms with E-state index in [0.717, 1.165) is 11.0 Å². The van der Waals surface area contributed by atoms with E-state index < -0.39 is 0 Å². The molecule has 0 unspecified atom stereocenters. The average molecular weight is 228 g/mol. The van der Waals surface area contributed by atoms with Crippen molar-refractivity contribution in [1.82, 2.24) is 9.97 Å². The Bertz CT molecular complexity index is 598. The topological polar surface area (TPSA) is 103 Å². The molecule has 0 saturated carbocycles. The van der Waals surface area contributed by atoms with Crippen molar-refractivity contribution >= 4 is 22.7 Å². The van der Waals surface area contributed by atoms with E-state index in [1.54, 1.807) is 13.1 Å². The SMILES string of the molecule is CC(=NN=C(N)N)c1cnc2ccccc2n1. The highest BCUT2D eigenvalue weighted by Gasteiger charge is 2.02. The van der Waals surface area contributed by atoms with Gasteiger partial charge in [-0.05, 0) is 19.1 Å². The van der Waals surface area contributed by atoms with E-state index in [9.17, 15) is 0 Å². The zero-order chi connectivity index (χ0) is 12.3. The lowest BCUT2D eigenvalue weighted by Gasteiger charge is -2.00. The minimum Gasteiger partial charge on any atom is -0.369 e. The Kier molecular flexibility index (Phi) is 2.95. The molecule has 0 saturated heterocycles. The molecular formula is C11H12N6. The molecule has 1 aromatic heterocycles. The Hall–Kier alpha value is -2.50. The van der Waals surface area contributed by atoms with Gasteiger partial charge in [-0.3, -0.25) is 4.98 Å². The molecule has 0 spiro atoms. The van der Waals surface area contributed by atoms with Gasteiger partial charge < -0.3 is 11.5 Å². The van der Waals surface area contributed by atoms with Gasteiger partial charge in [-0.2, -0.15) is 0 Å². The first kappa shape index (κ1) is 11.0. The molecule has 6 nitrogen and oxygen atoms in total. The maximum Gasteiger partial charge on any atom is 0.211 e. The standard InChI is InChI=1S/C11H12N6/c1-7(16-17-11(12)13)10-6-14-8-4-2-3-5-9(8)15-10/h2-6H,1H3,(H4,12,13,17). The summed E-state index contributed by atoms with van der Waals surface area (Å²) in [5.74, 6) is -0.0851. The normalized spacial score (nSPS) is 11.5. The quantitative estimate of drug-likeness (QED) is 0.447. The smallest absolute Gasteiger partial charge is 0.211 e. The Morgan fingerprint density at radius 1 is 1.12 bits per heavy atom. The average Bonchev–Trinajstić information content (AvgIpc) is 2.35. The summed E-state index contributed by atoms with van der Waals surface area (Å²) in [7, 11) is 0. The molecule has 0 aliphatic rings. The minimum atomic E-state index is -0.0851. The number of hydrogen-bond acceptors (Lipinski definition) is 4. The van der Waals surface area contributed by atoms with Crippen LogP contribution in [0.25, 0.3) is 11.0 Å². The predicted octanol–water partition coefficient (Wildman–Crippen LogP) is 0.627. The van der Waals surface area contributed by atoms with Crippen molar-refractivity contribution in [2.24, 2.45) is 21.7 Å². The van der Waals surface area contributed by atoms with E-state index in [1.165, 1.54) is 0 Å². The molecule has 0 amide bonds. The molecule has 17 heavy (non-hydrogen) atoms. The lowest BCUT2D eigenvalue weighted by Crippen LogP contribution is -2.22. The van der Waals surface area contributed by atoms with Gasteiger partial charge in [0, 0.05) is 0 Å². The maximum atomic E-state index is 5.19. The molecular weight excluding hydrogens is 216 g/mol. The number of benzene rings is 1. The van der Waals surface area contributed by atoms with Crippen LogP contribution in [-0.2, 0) is 0 Å². The van der Waals surface area contributed by atoms with Crippen LogP contribution in [0.5, 0.6) is 0 Å². The minimum absolute atomic E-state index is 0.0851. The summed E-state index contributed by atoms with van der Waals surface area (Å²) in [5.41, 5.74) is 13.3. The number of hydrogen-bond donors (Lipinski definition) is 2. The van der Waals surface area contributed by atoms with E-state index in [2.05, 4.69) is 20.2 Å². The van der Waals surface area contributed by atoms with Gasteiger partial charge in [-0.15, -0.1) is 10.2 Å². The van der Waals surface area contributed by atoms with Crippen LogP contribution in [0.3, 0.4) is 0 Å². The number of guanidine groups is 1. The van der Waals surface area contributed by atoms with Gasteiger partial charge in [0.15, 0.2) is 0 Å². The number of aromatic nitrogens is 2. The molecule has 0 aliphatic carbocycles. The summed E-state index contributed by atoms with van der Waals surface area (Å²) >= 11 is 0. The molecule has 2 aromatic rings. The third-order valence-corrected chi connectivity index (χ3v) is 2.13. The Morgan fingerprint density at radius 2 is 1.82 bits per heavy atom. The summed E-state index contributed by atoms with van der Waals surface area (Å²) < 4.78 is 0. The van der Waals surface area contributed by atoms with Crippen molar-refractivity contribution in [3.8, 4) is 0 Å². The van der Waals surface area contributed by atoms with Crippen molar-refractivity contribution in [1.29, 1.82) is 0 Å². The molecule has 86 valence electrons. The predicted molar refractivity (Wildman–Crippen MR) is 67.6 cm³/mol. The zero-order valence-corrected chi connectivity index (χ0v) is 9.33. The van der Waals surface area contributed by atoms with Crippen molar-refractivity contribution in [2.75, 3.05) is 0 Å². The third-order valence-electron chi connectivity index (χ3n) is 2.13. The molecule has 1 heterocycles. The number of para-hydroxylation sites is 2. The first-order valence-corrected chi connectivity index (χ1v) is 5.02. The highest BCUT2D eigenvalue weighted by atomic mass is 15.3. The fraction of sp³-hybridized carbons (Fsp3) is 0.0909. The van der Waals surface area contributed by atoms with Crippen molar-refractivity contribution in [3.05, 3.63) is 36.2 Å². The summed E-state index contributed by atoms with van der Waals surface area (Å²) in [5, 5.41) is 7.43. The number of nitrogens with zero attached hydrogens (tertiary/aromatic N) is 4. The second kappa shape index (κ2) is 4.56. The fourth-order valence-corrected chi connectivity index (χ4v) is 1.32. The molecule has 0 bridgehead atoms. The van der Waals surface area contributed by atoms with Gasteiger partial charge in [0.2, 0.25) is 5.96 Å². The van der Waals surface area contributed by atoms with E-state index in [-0.39, 0.29) is 5.96 Å². The molecule has 1 aromatic carbocycles. The van der Waals surface area contributed by atoms with E-state index >= 15 is 0 Å². The van der Waals surface area contributed by atoms with Crippen LogP contribution in [0.4, 0.5) is 0 Å². The number of nitrogens with two attached hydrogens (primary N) is 2. The second-order valence-corrected chi connectivity index (χ2v) is 3.45. The first-order valence-electron chi connectivity index (χ1n) is 5.02. The van der Waals surface area contributed by atoms with Gasteiger partial charge >= 0.3 is 0 Å². The van der Waals surface area contributed by atoms with E-state index in [0.29, 0.717) is 11.4 Å². The largest absolute Gasteiger partial charge is 0.369 e. The van der Waals surface area contributed by atoms with Gasteiger partial charge in [0.25, 0.3) is 0 Å². The summed E-state index contributed by atoms with van der Waals surface area (Å²) in [4.78, 5) is 8.68. The second-order valence-electron chi connectivity index (χ2n) is 3.45.